The van der Waals surface area contributed by atoms with Crippen LogP contribution in [0.25, 0.3) is 0 Å². The van der Waals surface area contributed by atoms with E-state index in [1.807, 2.05) is 18.2 Å². The van der Waals surface area contributed by atoms with E-state index < -0.39 is 23.7 Å². The Kier molecular flexibility index (Phi) is 3.39. The number of alkyl halides is 2. The number of nitrogens with zero attached hydrogens (tertiary/aromatic N) is 1. The minimum Gasteiger partial charge on any atom is -0.497 e. The predicted molar refractivity (Wildman–Crippen MR) is 87.5 cm³/mol. The van der Waals surface area contributed by atoms with Gasteiger partial charge in [0.1, 0.15) is 5.75 Å². The maximum Gasteiger partial charge on any atom is 0.314 e. The molecule has 0 unspecified atom stereocenters. The number of aliphatic imine (C=N–C) groups is 1. The van der Waals surface area contributed by atoms with Gasteiger partial charge in [-0.1, -0.05) is 18.2 Å². The lowest BCUT2D eigenvalue weighted by molar-refractivity contribution is -0.0601. The Hall–Kier alpha value is -2.76. The predicted octanol–water partition coefficient (Wildman–Crippen LogP) is 3.59. The number of hydrogen-bond acceptors (Lipinski definition) is 4. The van der Waals surface area contributed by atoms with Gasteiger partial charge in [0.05, 0.1) is 20.1 Å². The summed E-state index contributed by atoms with van der Waals surface area (Å²) >= 11 is 0. The van der Waals surface area contributed by atoms with E-state index in [-0.39, 0.29) is 12.1 Å². The Bertz CT molecular complexity index is 879. The van der Waals surface area contributed by atoms with Crippen LogP contribution in [0.3, 0.4) is 0 Å². The molecule has 0 saturated carbocycles. The number of ketones is 1. The number of halogens is 2. The molecule has 0 N–H and O–H groups in total. The van der Waals surface area contributed by atoms with Crippen molar-refractivity contribution in [3.05, 3.63) is 65.2 Å². The summed E-state index contributed by atoms with van der Waals surface area (Å²) in [5.41, 5.74) is -0.296. The third-order valence-corrected chi connectivity index (χ3v) is 4.59. The zero-order valence-electron chi connectivity index (χ0n) is 13.5. The van der Waals surface area contributed by atoms with Crippen molar-refractivity contribution in [1.82, 2.24) is 0 Å². The van der Waals surface area contributed by atoms with Crippen LogP contribution in [0, 0.1) is 0 Å². The molecule has 4 nitrogen and oxygen atoms in total. The highest BCUT2D eigenvalue weighted by Crippen LogP contribution is 2.48. The van der Waals surface area contributed by atoms with Gasteiger partial charge >= 0.3 is 5.92 Å². The molecule has 4 rings (SSSR count). The Balaban J connectivity index is 1.81. The molecule has 1 aliphatic heterocycles. The molecular weight excluding hydrogens is 328 g/mol. The van der Waals surface area contributed by atoms with Crippen molar-refractivity contribution in [2.24, 2.45) is 4.99 Å². The zero-order chi connectivity index (χ0) is 17.7. The molecule has 2 aromatic carbocycles. The van der Waals surface area contributed by atoms with Crippen molar-refractivity contribution >= 4 is 11.7 Å². The molecule has 0 aromatic heterocycles. The lowest BCUT2D eigenvalue weighted by atomic mass is 9.76. The van der Waals surface area contributed by atoms with Gasteiger partial charge in [0.15, 0.2) is 5.60 Å². The molecule has 25 heavy (non-hydrogen) atoms. The summed E-state index contributed by atoms with van der Waals surface area (Å²) in [5, 5.41) is 0. The Labute approximate surface area is 143 Å². The fourth-order valence-corrected chi connectivity index (χ4v) is 3.37. The van der Waals surface area contributed by atoms with Crippen molar-refractivity contribution in [3.8, 4) is 5.75 Å². The van der Waals surface area contributed by atoms with Gasteiger partial charge in [0.2, 0.25) is 11.7 Å². The molecule has 1 aliphatic carbocycles. The van der Waals surface area contributed by atoms with E-state index in [9.17, 15) is 13.6 Å². The smallest absolute Gasteiger partial charge is 0.314 e. The SMILES string of the molecule is COc1ccc2c(c1)[C@@]1(CN=C(c3ccccc3)O1)CC(F)(F)C2=O. The standard InChI is InChI=1S/C19H15F2NO3/c1-24-13-7-8-14-15(9-13)18(10-19(20,21)16(14)23)11-22-17(25-18)12-5-3-2-4-6-12/h2-9H,10-11H2,1H3/t18-/m0/s1. The topological polar surface area (TPSA) is 47.9 Å². The van der Waals surface area contributed by atoms with Gasteiger partial charge in [-0.25, -0.2) is 4.99 Å². The van der Waals surface area contributed by atoms with Gasteiger partial charge < -0.3 is 9.47 Å². The molecule has 0 fully saturated rings. The number of carbonyl (C=O) groups is 1. The first kappa shape index (κ1) is 15.7. The molecule has 0 radical (unpaired) electrons. The zero-order valence-corrected chi connectivity index (χ0v) is 13.5. The fourth-order valence-electron chi connectivity index (χ4n) is 3.37. The van der Waals surface area contributed by atoms with Crippen LogP contribution in [-0.2, 0) is 10.3 Å². The maximum atomic E-state index is 14.4. The highest BCUT2D eigenvalue weighted by molar-refractivity contribution is 6.05. The van der Waals surface area contributed by atoms with Gasteiger partial charge in [-0.3, -0.25) is 4.79 Å². The molecule has 2 aromatic rings. The van der Waals surface area contributed by atoms with Gasteiger partial charge in [-0.05, 0) is 30.3 Å². The number of methoxy groups -OCH3 is 1. The van der Waals surface area contributed by atoms with E-state index in [0.717, 1.165) is 0 Å². The molecule has 1 atom stereocenters. The van der Waals surface area contributed by atoms with Crippen LogP contribution in [0.1, 0.15) is 27.9 Å². The van der Waals surface area contributed by atoms with E-state index in [4.69, 9.17) is 9.47 Å². The molecule has 1 spiro atoms. The van der Waals surface area contributed by atoms with Crippen molar-refractivity contribution in [2.75, 3.05) is 13.7 Å². The molecule has 0 saturated heterocycles. The summed E-state index contributed by atoms with van der Waals surface area (Å²) in [6, 6.07) is 13.6. The largest absolute Gasteiger partial charge is 0.497 e. The lowest BCUT2D eigenvalue weighted by Crippen LogP contribution is -2.47. The minimum absolute atomic E-state index is 0.0280. The summed E-state index contributed by atoms with van der Waals surface area (Å²) in [7, 11) is 1.48. The van der Waals surface area contributed by atoms with Crippen LogP contribution >= 0.6 is 0 Å². The van der Waals surface area contributed by atoms with E-state index >= 15 is 0 Å². The summed E-state index contributed by atoms with van der Waals surface area (Å²) in [6.07, 6.45) is -0.737. The van der Waals surface area contributed by atoms with Crippen LogP contribution in [0.2, 0.25) is 0 Å². The molecular formula is C19H15F2NO3. The number of ether oxygens (including phenoxy) is 2. The van der Waals surface area contributed by atoms with E-state index in [1.165, 1.54) is 19.2 Å². The highest BCUT2D eigenvalue weighted by atomic mass is 19.3. The third-order valence-electron chi connectivity index (χ3n) is 4.59. The molecule has 1 heterocycles. The van der Waals surface area contributed by atoms with E-state index in [0.29, 0.717) is 22.8 Å². The second-order valence-electron chi connectivity index (χ2n) is 6.21. The summed E-state index contributed by atoms with van der Waals surface area (Å²) < 4.78 is 39.9. The van der Waals surface area contributed by atoms with Crippen molar-refractivity contribution < 1.29 is 23.0 Å². The number of benzene rings is 2. The normalized spacial score (nSPS) is 23.8. The Morgan fingerprint density at radius 3 is 2.64 bits per heavy atom. The number of rotatable bonds is 2. The molecule has 2 aliphatic rings. The number of fused-ring (bicyclic) bond motifs is 2. The van der Waals surface area contributed by atoms with Gasteiger partial charge in [0.25, 0.3) is 0 Å². The number of carbonyl (C=O) groups excluding carboxylic acids is 1. The second kappa shape index (κ2) is 5.37. The molecule has 6 heteroatoms. The van der Waals surface area contributed by atoms with E-state index in [2.05, 4.69) is 4.99 Å². The molecule has 0 amide bonds. The summed E-state index contributed by atoms with van der Waals surface area (Å²) in [6.45, 7) is 0.0280. The second-order valence-corrected chi connectivity index (χ2v) is 6.21. The van der Waals surface area contributed by atoms with Gasteiger partial charge in [-0.2, -0.15) is 8.78 Å². The van der Waals surface area contributed by atoms with Crippen LogP contribution < -0.4 is 4.74 Å². The Morgan fingerprint density at radius 1 is 1.16 bits per heavy atom. The lowest BCUT2D eigenvalue weighted by Gasteiger charge is -2.37. The van der Waals surface area contributed by atoms with Crippen LogP contribution in [0.5, 0.6) is 5.75 Å². The summed E-state index contributed by atoms with van der Waals surface area (Å²) in [4.78, 5) is 16.5. The van der Waals surface area contributed by atoms with E-state index in [1.54, 1.807) is 18.2 Å². The first-order chi connectivity index (χ1) is 12.0. The third kappa shape index (κ3) is 2.40. The number of hydrogen-bond donors (Lipinski definition) is 0. The Morgan fingerprint density at radius 2 is 1.92 bits per heavy atom. The van der Waals surface area contributed by atoms with Crippen molar-refractivity contribution in [3.63, 3.8) is 0 Å². The quantitative estimate of drug-likeness (QED) is 0.837. The molecule has 0 bridgehead atoms. The van der Waals surface area contributed by atoms with Crippen LogP contribution in [0.4, 0.5) is 8.78 Å². The molecule has 128 valence electrons. The fraction of sp³-hybridized carbons (Fsp3) is 0.263. The maximum absolute atomic E-state index is 14.4. The first-order valence-electron chi connectivity index (χ1n) is 7.85. The highest BCUT2D eigenvalue weighted by Gasteiger charge is 2.58. The van der Waals surface area contributed by atoms with Gasteiger partial charge in [0, 0.05) is 16.7 Å². The summed E-state index contributed by atoms with van der Waals surface area (Å²) in [5.74, 6) is -3.90. The van der Waals surface area contributed by atoms with Crippen molar-refractivity contribution in [1.29, 1.82) is 0 Å². The van der Waals surface area contributed by atoms with Crippen molar-refractivity contribution in [2.45, 2.75) is 17.9 Å². The monoisotopic (exact) mass is 343 g/mol. The average molecular weight is 343 g/mol. The van der Waals surface area contributed by atoms with Crippen LogP contribution in [-0.4, -0.2) is 31.3 Å². The average Bonchev–Trinajstić information content (AvgIpc) is 3.04. The van der Waals surface area contributed by atoms with Gasteiger partial charge in [-0.15, -0.1) is 0 Å². The first-order valence-corrected chi connectivity index (χ1v) is 7.85. The minimum atomic E-state index is -3.50. The van der Waals surface area contributed by atoms with Crippen LogP contribution in [0.15, 0.2) is 53.5 Å². The number of Topliss-reactive ketones (excluding diaryl/α,β-unsaturated/α-hetero) is 1.